The van der Waals surface area contributed by atoms with E-state index in [-0.39, 0.29) is 35.2 Å². The molecule has 0 saturated carbocycles. The molecule has 2 aromatic carbocycles. The van der Waals surface area contributed by atoms with Crippen LogP contribution in [0.2, 0.25) is 0 Å². The fourth-order valence-electron chi connectivity index (χ4n) is 3.67. The first-order valence-corrected chi connectivity index (χ1v) is 10.8. The summed E-state index contributed by atoms with van der Waals surface area (Å²) in [5.74, 6) is -2.72. The van der Waals surface area contributed by atoms with Crippen LogP contribution in [0.4, 0.5) is 0 Å². The summed E-state index contributed by atoms with van der Waals surface area (Å²) in [6.45, 7) is 6.04. The molecule has 2 aromatic rings. The lowest BCUT2D eigenvalue weighted by Crippen LogP contribution is -2.34. The number of ether oxygens (including phenoxy) is 6. The molecule has 190 valence electrons. The summed E-state index contributed by atoms with van der Waals surface area (Å²) in [4.78, 5) is 58.1. The maximum absolute atomic E-state index is 11.9. The van der Waals surface area contributed by atoms with E-state index in [0.717, 1.165) is 0 Å². The quantitative estimate of drug-likeness (QED) is 0.427. The Morgan fingerprint density at radius 1 is 0.694 bits per heavy atom. The molecule has 1 heterocycles. The first-order valence-electron chi connectivity index (χ1n) is 10.8. The molecule has 11 nitrogen and oxygen atoms in total. The van der Waals surface area contributed by atoms with Crippen molar-refractivity contribution in [1.29, 1.82) is 0 Å². The molecule has 11 heteroatoms. The Morgan fingerprint density at radius 2 is 1.28 bits per heavy atom. The van der Waals surface area contributed by atoms with Gasteiger partial charge in [-0.1, -0.05) is 6.07 Å². The Hall–Kier alpha value is -4.41. The molecule has 0 saturated heterocycles. The summed E-state index contributed by atoms with van der Waals surface area (Å²) in [6, 6.07) is 7.21. The third-order valence-corrected chi connectivity index (χ3v) is 4.77. The second kappa shape index (κ2) is 10.9. The van der Waals surface area contributed by atoms with Gasteiger partial charge in [0.1, 0.15) is 23.4 Å². The normalized spacial score (nSPS) is 16.0. The van der Waals surface area contributed by atoms with Crippen molar-refractivity contribution in [2.45, 2.75) is 53.2 Å². The molecule has 0 amide bonds. The lowest BCUT2D eigenvalue weighted by molar-refractivity contribution is -0.152. The fraction of sp³-hybridized carbons (Fsp3) is 0.320. The maximum Gasteiger partial charge on any atom is 0.308 e. The number of carbonyl (C=O) groups is 5. The van der Waals surface area contributed by atoms with Gasteiger partial charge in [0, 0.05) is 64.3 Å². The predicted molar refractivity (Wildman–Crippen MR) is 121 cm³/mol. The van der Waals surface area contributed by atoms with Crippen molar-refractivity contribution in [1.82, 2.24) is 0 Å². The molecule has 0 radical (unpaired) electrons. The van der Waals surface area contributed by atoms with E-state index < -0.39 is 42.1 Å². The molecule has 0 unspecified atom stereocenters. The lowest BCUT2D eigenvalue weighted by atomic mass is 9.93. The lowest BCUT2D eigenvalue weighted by Gasteiger charge is -2.34. The summed E-state index contributed by atoms with van der Waals surface area (Å²) in [5, 5.41) is 0. The van der Waals surface area contributed by atoms with Gasteiger partial charge in [-0.25, -0.2) is 0 Å². The van der Waals surface area contributed by atoms with E-state index in [9.17, 15) is 24.0 Å². The number of rotatable bonds is 6. The largest absolute Gasteiger partial charge is 0.481 e. The molecule has 0 bridgehead atoms. The van der Waals surface area contributed by atoms with Crippen molar-refractivity contribution in [3.63, 3.8) is 0 Å². The fourth-order valence-corrected chi connectivity index (χ4v) is 3.67. The van der Waals surface area contributed by atoms with E-state index >= 15 is 0 Å². The minimum absolute atomic E-state index is 0.0102. The van der Waals surface area contributed by atoms with E-state index in [2.05, 4.69) is 0 Å². The van der Waals surface area contributed by atoms with Crippen LogP contribution in [0.25, 0.3) is 0 Å². The monoisotopic (exact) mass is 500 g/mol. The highest BCUT2D eigenvalue weighted by Gasteiger charge is 2.37. The SMILES string of the molecule is CC(=O)Oc1cc(OC(C)=O)c2c(c1)O[C@H](c1ccc(OC(C)=O)c(OC(C)=O)c1)[C@@H](OC(C)=O)C2. The number of esters is 5. The average molecular weight is 500 g/mol. The van der Waals surface area contributed by atoms with Gasteiger partial charge in [-0.3, -0.25) is 24.0 Å². The molecule has 1 aliphatic rings. The minimum Gasteiger partial charge on any atom is -0.481 e. The molecular formula is C25H24O11. The van der Waals surface area contributed by atoms with Crippen LogP contribution >= 0.6 is 0 Å². The van der Waals surface area contributed by atoms with Gasteiger partial charge < -0.3 is 28.4 Å². The van der Waals surface area contributed by atoms with Crippen molar-refractivity contribution in [3.8, 4) is 28.7 Å². The maximum atomic E-state index is 11.9. The smallest absolute Gasteiger partial charge is 0.308 e. The molecule has 1 aliphatic heterocycles. The second-order valence-corrected chi connectivity index (χ2v) is 7.87. The van der Waals surface area contributed by atoms with E-state index in [4.69, 9.17) is 28.4 Å². The van der Waals surface area contributed by atoms with Crippen LogP contribution in [0.5, 0.6) is 28.7 Å². The van der Waals surface area contributed by atoms with E-state index in [1.807, 2.05) is 0 Å². The third-order valence-electron chi connectivity index (χ3n) is 4.77. The third kappa shape index (κ3) is 6.59. The van der Waals surface area contributed by atoms with Crippen molar-refractivity contribution in [2.75, 3.05) is 0 Å². The van der Waals surface area contributed by atoms with Gasteiger partial charge >= 0.3 is 29.8 Å². The van der Waals surface area contributed by atoms with Crippen LogP contribution in [0.15, 0.2) is 30.3 Å². The Kier molecular flexibility index (Phi) is 7.93. The van der Waals surface area contributed by atoms with Crippen LogP contribution < -0.4 is 23.7 Å². The standard InChI is InChI=1S/C25H24O11/c1-12(26)31-18-9-21(33-14(3)28)19-11-24(35-16(5)30)25(36-22(19)10-18)17-6-7-20(32-13(2)27)23(8-17)34-15(4)29/h6-10,24-25H,11H2,1-5H3/t24-,25+/m0/s1. The van der Waals surface area contributed by atoms with Crippen LogP contribution in [0, 0.1) is 0 Å². The summed E-state index contributed by atoms with van der Waals surface area (Å²) in [7, 11) is 0. The van der Waals surface area contributed by atoms with Crippen LogP contribution in [-0.2, 0) is 35.1 Å². The molecule has 0 spiro atoms. The van der Waals surface area contributed by atoms with Crippen LogP contribution in [-0.4, -0.2) is 36.0 Å². The molecule has 0 aromatic heterocycles. The molecule has 0 fully saturated rings. The van der Waals surface area contributed by atoms with E-state index in [0.29, 0.717) is 11.1 Å². The van der Waals surface area contributed by atoms with Crippen molar-refractivity contribution in [3.05, 3.63) is 41.5 Å². The Balaban J connectivity index is 2.11. The highest BCUT2D eigenvalue weighted by molar-refractivity contribution is 5.74. The van der Waals surface area contributed by atoms with E-state index in [1.165, 1.54) is 58.9 Å². The number of hydrogen-bond donors (Lipinski definition) is 0. The molecule has 0 N–H and O–H groups in total. The van der Waals surface area contributed by atoms with E-state index in [1.54, 1.807) is 6.07 Å². The summed E-state index contributed by atoms with van der Waals surface area (Å²) >= 11 is 0. The zero-order valence-electron chi connectivity index (χ0n) is 20.2. The topological polar surface area (TPSA) is 141 Å². The summed E-state index contributed by atoms with van der Waals surface area (Å²) < 4.78 is 32.4. The summed E-state index contributed by atoms with van der Waals surface area (Å²) in [5.41, 5.74) is 0.839. The predicted octanol–water partition coefficient (Wildman–Crippen LogP) is 3.00. The first kappa shape index (κ1) is 26.2. The van der Waals surface area contributed by atoms with Gasteiger partial charge in [-0.05, 0) is 12.1 Å². The molecule has 36 heavy (non-hydrogen) atoms. The average Bonchev–Trinajstić information content (AvgIpc) is 2.73. The van der Waals surface area contributed by atoms with Gasteiger partial charge in [-0.2, -0.15) is 0 Å². The van der Waals surface area contributed by atoms with Gasteiger partial charge in [-0.15, -0.1) is 0 Å². The van der Waals surface area contributed by atoms with Crippen LogP contribution in [0.3, 0.4) is 0 Å². The van der Waals surface area contributed by atoms with Gasteiger partial charge in [0.15, 0.2) is 17.6 Å². The second-order valence-electron chi connectivity index (χ2n) is 7.87. The molecule has 2 atom stereocenters. The van der Waals surface area contributed by atoms with Crippen LogP contribution in [0.1, 0.15) is 51.8 Å². The van der Waals surface area contributed by atoms with Gasteiger partial charge in [0.05, 0.1) is 0 Å². The number of benzene rings is 2. The minimum atomic E-state index is -0.917. The Morgan fingerprint density at radius 3 is 1.86 bits per heavy atom. The van der Waals surface area contributed by atoms with Crippen molar-refractivity contribution in [2.24, 2.45) is 0 Å². The number of hydrogen-bond acceptors (Lipinski definition) is 11. The molecule has 3 rings (SSSR count). The zero-order valence-corrected chi connectivity index (χ0v) is 20.2. The highest BCUT2D eigenvalue weighted by Crippen LogP contribution is 2.45. The number of carbonyl (C=O) groups excluding carboxylic acids is 5. The number of fused-ring (bicyclic) bond motifs is 1. The molecular weight excluding hydrogens is 476 g/mol. The van der Waals surface area contributed by atoms with Gasteiger partial charge in [0.25, 0.3) is 0 Å². The Bertz CT molecular complexity index is 1230. The Labute approximate surface area is 206 Å². The highest BCUT2D eigenvalue weighted by atomic mass is 16.6. The van der Waals surface area contributed by atoms with Gasteiger partial charge in [0.2, 0.25) is 0 Å². The molecule has 0 aliphatic carbocycles. The van der Waals surface area contributed by atoms with Crippen molar-refractivity contribution < 1.29 is 52.4 Å². The van der Waals surface area contributed by atoms with Crippen molar-refractivity contribution >= 4 is 29.8 Å². The summed E-state index contributed by atoms with van der Waals surface area (Å²) in [6.07, 6.45) is -1.72. The zero-order chi connectivity index (χ0) is 26.6. The first-order chi connectivity index (χ1) is 16.9.